The molecule has 95 heavy (non-hydrogen) atoms. The molecule has 4 aromatic carbocycles. The van der Waals surface area contributed by atoms with E-state index in [1.54, 1.807) is 24.3 Å². The van der Waals surface area contributed by atoms with E-state index in [1.807, 2.05) is 35.6 Å². The summed E-state index contributed by atoms with van der Waals surface area (Å²) >= 11 is 1.82. The van der Waals surface area contributed by atoms with E-state index >= 15 is 0 Å². The lowest BCUT2D eigenvalue weighted by Gasteiger charge is -2.47. The fraction of sp³-hybridized carbons (Fsp3) is 0.659. The minimum Gasteiger partial charge on any atom is -0.304 e. The number of piperidine rings is 5. The van der Waals surface area contributed by atoms with Gasteiger partial charge in [0.15, 0.2) is 0 Å². The average molecular weight is 1330 g/mol. The molecule has 0 saturated carbocycles. The predicted octanol–water partition coefficient (Wildman–Crippen LogP) is 15.7. The van der Waals surface area contributed by atoms with E-state index in [9.17, 15) is 8.78 Å². The van der Waals surface area contributed by atoms with Crippen LogP contribution in [0.5, 0.6) is 0 Å². The molecule has 10 nitrogen and oxygen atoms in total. The zero-order chi connectivity index (χ0) is 69.7. The molecule has 0 spiro atoms. The first kappa shape index (κ1) is 80.0. The lowest BCUT2D eigenvalue weighted by molar-refractivity contribution is 0.0378. The highest BCUT2D eigenvalue weighted by Crippen LogP contribution is 2.41. The van der Waals surface area contributed by atoms with Crippen LogP contribution >= 0.6 is 11.3 Å². The quantitative estimate of drug-likeness (QED) is 0.0797. The molecule has 532 valence electrons. The Kier molecular flexibility index (Phi) is 31.6. The van der Waals surface area contributed by atoms with E-state index < -0.39 is 0 Å². The highest BCUT2D eigenvalue weighted by molar-refractivity contribution is 7.08. The Morgan fingerprint density at radius 1 is 0.337 bits per heavy atom. The van der Waals surface area contributed by atoms with Crippen molar-refractivity contribution in [3.05, 3.63) is 165 Å². The number of halogens is 2. The van der Waals surface area contributed by atoms with Gasteiger partial charge < -0.3 is 39.2 Å². The molecule has 0 atom stereocenters. The van der Waals surface area contributed by atoms with Crippen LogP contribution in [0.25, 0.3) is 0 Å². The molecule has 0 N–H and O–H groups in total. The zero-order valence-electron chi connectivity index (χ0n) is 63.6. The van der Waals surface area contributed by atoms with Gasteiger partial charge in [0.05, 0.1) is 0 Å². The lowest BCUT2D eigenvalue weighted by atomic mass is 9.79. The van der Waals surface area contributed by atoms with Gasteiger partial charge in [-0.05, 0) is 299 Å². The van der Waals surface area contributed by atoms with Gasteiger partial charge in [-0.2, -0.15) is 11.3 Å². The Balaban J connectivity index is 0.000000188. The van der Waals surface area contributed by atoms with Gasteiger partial charge in [0, 0.05) is 123 Å². The number of aryl methyl sites for hydroxylation is 1. The third-order valence-corrected chi connectivity index (χ3v) is 24.3. The van der Waals surface area contributed by atoms with E-state index in [2.05, 4.69) is 266 Å². The maximum Gasteiger partial charge on any atom is 0.123 e. The molecule has 0 aliphatic carbocycles. The third kappa shape index (κ3) is 22.3. The molecule has 5 saturated heterocycles. The first-order valence-electron chi connectivity index (χ1n) is 36.7. The highest BCUT2D eigenvalue weighted by Gasteiger charge is 2.42. The van der Waals surface area contributed by atoms with Crippen LogP contribution < -0.4 is 0 Å². The number of thiophene rings is 1. The molecule has 10 rings (SSSR count). The second kappa shape index (κ2) is 37.5. The molecule has 13 heteroatoms. The van der Waals surface area contributed by atoms with Crippen LogP contribution in [0.3, 0.4) is 0 Å². The van der Waals surface area contributed by atoms with Crippen molar-refractivity contribution in [3.8, 4) is 0 Å². The van der Waals surface area contributed by atoms with E-state index in [-0.39, 0.29) is 28.3 Å². The molecule has 5 aromatic rings. The van der Waals surface area contributed by atoms with Crippen LogP contribution in [-0.2, 0) is 30.3 Å². The van der Waals surface area contributed by atoms with E-state index in [0.29, 0.717) is 41.3 Å². The van der Waals surface area contributed by atoms with Crippen molar-refractivity contribution in [1.29, 1.82) is 0 Å². The molecule has 0 radical (unpaired) electrons. The Hall–Kier alpha value is -3.96. The van der Waals surface area contributed by atoms with Gasteiger partial charge >= 0.3 is 0 Å². The Morgan fingerprint density at radius 3 is 0.937 bits per heavy atom. The van der Waals surface area contributed by atoms with Crippen LogP contribution in [0.4, 0.5) is 8.78 Å². The van der Waals surface area contributed by atoms with Gasteiger partial charge in [-0.3, -0.25) is 9.80 Å². The van der Waals surface area contributed by atoms with Crippen molar-refractivity contribution in [1.82, 2.24) is 49.0 Å². The molecular weight excluding hydrogens is 1200 g/mol. The van der Waals surface area contributed by atoms with Gasteiger partial charge in [0.25, 0.3) is 0 Å². The SMILES string of the molecule is CC(C)N1CCC(CCc2ccccc2)(N(C)C)CC1.CC(C)N1CCC(Cc2ccc(F)cc2)(N(C)C)CC1.CC(C)N1CCC(Cc2ccccc2)(N(C)C)CC1.CC(C)N1CCC(c2ccc(F)cc2)(N(C)C)CC1.CC(C)N1CCC(c2ccsc2)(N(C)C)CC1. The lowest BCUT2D eigenvalue weighted by Crippen LogP contribution is -2.55. The Morgan fingerprint density at radius 2 is 0.632 bits per heavy atom. The highest BCUT2D eigenvalue weighted by atomic mass is 32.1. The number of nitrogens with zero attached hydrogens (tertiary/aromatic N) is 10. The summed E-state index contributed by atoms with van der Waals surface area (Å²) in [7, 11) is 22.1. The van der Waals surface area contributed by atoms with Gasteiger partial charge in [-0.25, -0.2) is 8.78 Å². The minimum absolute atomic E-state index is 0.0547. The largest absolute Gasteiger partial charge is 0.304 e. The van der Waals surface area contributed by atoms with Crippen molar-refractivity contribution in [2.75, 3.05) is 136 Å². The number of hydrogen-bond acceptors (Lipinski definition) is 11. The van der Waals surface area contributed by atoms with Crippen LogP contribution in [0, 0.1) is 11.6 Å². The van der Waals surface area contributed by atoms with E-state index in [4.69, 9.17) is 0 Å². The number of hydrogen-bond donors (Lipinski definition) is 0. The number of likely N-dealkylation sites (tertiary alicyclic amines) is 5. The first-order chi connectivity index (χ1) is 45.0. The van der Waals surface area contributed by atoms with Crippen molar-refractivity contribution in [2.45, 2.75) is 217 Å². The maximum absolute atomic E-state index is 13.1. The number of rotatable bonds is 19. The van der Waals surface area contributed by atoms with Crippen molar-refractivity contribution < 1.29 is 8.78 Å². The van der Waals surface area contributed by atoms with Crippen LogP contribution in [-0.4, -0.2) is 232 Å². The van der Waals surface area contributed by atoms with E-state index in [1.165, 1.54) is 138 Å². The summed E-state index contributed by atoms with van der Waals surface area (Å²) in [5.41, 5.74) is 8.19. The minimum atomic E-state index is -0.155. The van der Waals surface area contributed by atoms with Crippen LogP contribution in [0.1, 0.15) is 168 Å². The summed E-state index contributed by atoms with van der Waals surface area (Å²) in [5.74, 6) is -0.306. The second-order valence-corrected chi connectivity index (χ2v) is 32.1. The third-order valence-electron chi connectivity index (χ3n) is 23.6. The van der Waals surface area contributed by atoms with Gasteiger partial charge in [-0.15, -0.1) is 0 Å². The molecule has 1 aromatic heterocycles. The smallest absolute Gasteiger partial charge is 0.123 e. The summed E-state index contributed by atoms with van der Waals surface area (Å²) in [4.78, 5) is 24.9. The molecule has 0 unspecified atom stereocenters. The standard InChI is InChI=1S/C18H30N2.C17H27FN2.C17H28N2.C16H25FN2.C14H24N2S/c1-16(2)20-14-12-18(13-15-20,19(3)4)11-10-17-8-6-5-7-9-17;1-14(2)20-11-9-17(10-12-20,19(3)4)13-15-5-7-16(18)8-6-15;1-15(2)19-12-10-17(11-13-19,18(3)4)14-16-8-6-5-7-9-16;1-13(2)19-11-9-16(10-12-19,18(3)4)14-5-7-15(17)8-6-14;1-12(2)16-8-6-14(7-9-16,15(3)4)13-5-10-17-11-13/h5-9,16H,10-15H2,1-4H3;5-8,14H,9-13H2,1-4H3;5-9,15H,10-14H2,1-4H3;5-8,13H,9-12H2,1-4H3;5,10-12H,6-9H2,1-4H3. The molecule has 0 amide bonds. The summed E-state index contributed by atoms with van der Waals surface area (Å²) < 4.78 is 26.2. The normalized spacial score (nSPS) is 20.2. The molecule has 5 fully saturated rings. The molecule has 6 heterocycles. The van der Waals surface area contributed by atoms with Crippen LogP contribution in [0.15, 0.2) is 126 Å². The Bertz CT molecular complexity index is 2840. The fourth-order valence-corrected chi connectivity index (χ4v) is 16.7. The maximum atomic E-state index is 13.1. The monoisotopic (exact) mass is 1330 g/mol. The number of likely N-dealkylation sites (N-methyl/N-ethyl adjacent to an activating group) is 2. The Labute approximate surface area is 584 Å². The second-order valence-electron chi connectivity index (χ2n) is 31.3. The molecule has 0 bridgehead atoms. The summed E-state index contributed by atoms with van der Waals surface area (Å²) in [5, 5.41) is 4.53. The molecule has 5 aliphatic rings. The first-order valence-corrected chi connectivity index (χ1v) is 37.6. The van der Waals surface area contributed by atoms with Gasteiger partial charge in [0.1, 0.15) is 11.6 Å². The zero-order valence-corrected chi connectivity index (χ0v) is 64.4. The van der Waals surface area contributed by atoms with Crippen LogP contribution in [0.2, 0.25) is 0 Å². The van der Waals surface area contributed by atoms with Gasteiger partial charge in [0.2, 0.25) is 0 Å². The van der Waals surface area contributed by atoms with Crippen molar-refractivity contribution >= 4 is 11.3 Å². The topological polar surface area (TPSA) is 32.4 Å². The average Bonchev–Trinajstić information content (AvgIpc) is 1.75. The van der Waals surface area contributed by atoms with Gasteiger partial charge in [-0.1, -0.05) is 84.9 Å². The van der Waals surface area contributed by atoms with E-state index in [0.717, 1.165) is 45.4 Å². The summed E-state index contributed by atoms with van der Waals surface area (Å²) in [6.07, 6.45) is 16.8. The summed E-state index contributed by atoms with van der Waals surface area (Å²) in [6.45, 7) is 34.7. The summed E-state index contributed by atoms with van der Waals surface area (Å²) in [6, 6.07) is 41.5. The molecular formula is C82H134F2N10S. The fourth-order valence-electron chi connectivity index (χ4n) is 15.9. The predicted molar refractivity (Wildman–Crippen MR) is 405 cm³/mol. The number of benzene rings is 4. The van der Waals surface area contributed by atoms with Crippen molar-refractivity contribution in [3.63, 3.8) is 0 Å². The van der Waals surface area contributed by atoms with Crippen molar-refractivity contribution in [2.24, 2.45) is 0 Å². The molecule has 5 aliphatic heterocycles.